The zero-order valence-electron chi connectivity index (χ0n) is 15.2. The minimum absolute atomic E-state index is 0.0303. The first-order valence-corrected chi connectivity index (χ1v) is 8.51. The molecule has 0 fully saturated rings. The van der Waals surface area contributed by atoms with Crippen LogP contribution in [0.15, 0.2) is 59.0 Å². The summed E-state index contributed by atoms with van der Waals surface area (Å²) < 4.78 is 39.6. The first-order valence-electron chi connectivity index (χ1n) is 8.51. The maximum atomic E-state index is 12.4. The molecule has 1 amide bonds. The molecule has 150 valence electrons. The van der Waals surface area contributed by atoms with Crippen molar-refractivity contribution in [3.63, 3.8) is 0 Å². The molecule has 3 aromatic rings. The number of para-hydroxylation sites is 4. The van der Waals surface area contributed by atoms with Gasteiger partial charge in [-0.25, -0.2) is 9.78 Å². The standard InChI is InChI=1S/C20H16F2N2O5/c1-12(19(26)24-14-7-3-5-9-16(14)29-20(21)22)27-18(25)11-10-17-23-13-6-2-4-8-15(13)28-17/h2-12,20H,1H3,(H,24,26)/b11-10+/t12-/m1/s1. The zero-order chi connectivity index (χ0) is 20.8. The van der Waals surface area contributed by atoms with E-state index in [0.29, 0.717) is 11.1 Å². The van der Waals surface area contributed by atoms with Crippen molar-refractivity contribution in [2.24, 2.45) is 0 Å². The molecular weight excluding hydrogens is 386 g/mol. The van der Waals surface area contributed by atoms with Gasteiger partial charge in [0.25, 0.3) is 5.91 Å². The van der Waals surface area contributed by atoms with Gasteiger partial charge < -0.3 is 19.2 Å². The zero-order valence-corrected chi connectivity index (χ0v) is 15.2. The number of anilines is 1. The van der Waals surface area contributed by atoms with Crippen molar-refractivity contribution in [2.75, 3.05) is 5.32 Å². The van der Waals surface area contributed by atoms with Crippen LogP contribution in [0.1, 0.15) is 12.8 Å². The number of rotatable bonds is 7. The lowest BCUT2D eigenvalue weighted by atomic mass is 10.2. The molecule has 0 bridgehead atoms. The summed E-state index contributed by atoms with van der Waals surface area (Å²) in [5.41, 5.74) is 1.23. The van der Waals surface area contributed by atoms with Crippen molar-refractivity contribution in [3.05, 3.63) is 60.5 Å². The fourth-order valence-corrected chi connectivity index (χ4v) is 2.37. The van der Waals surface area contributed by atoms with Crippen molar-refractivity contribution < 1.29 is 32.3 Å². The SMILES string of the molecule is C[C@@H](OC(=O)/C=C/c1nc2ccccc2o1)C(=O)Nc1ccccc1OC(F)F. The van der Waals surface area contributed by atoms with Crippen molar-refractivity contribution in [2.45, 2.75) is 19.6 Å². The maximum absolute atomic E-state index is 12.4. The molecule has 0 aliphatic heterocycles. The number of alkyl halides is 2. The molecular formula is C20H16F2N2O5. The molecule has 29 heavy (non-hydrogen) atoms. The predicted molar refractivity (Wildman–Crippen MR) is 100 cm³/mol. The number of benzene rings is 2. The van der Waals surface area contributed by atoms with E-state index in [1.807, 2.05) is 0 Å². The van der Waals surface area contributed by atoms with Crippen LogP contribution in [0.4, 0.5) is 14.5 Å². The Labute approximate surface area is 163 Å². The van der Waals surface area contributed by atoms with Gasteiger partial charge in [0.1, 0.15) is 11.3 Å². The van der Waals surface area contributed by atoms with Crippen molar-refractivity contribution >= 4 is 34.7 Å². The van der Waals surface area contributed by atoms with E-state index in [4.69, 9.17) is 9.15 Å². The predicted octanol–water partition coefficient (Wildman–Crippen LogP) is 4.01. The van der Waals surface area contributed by atoms with Gasteiger partial charge in [-0.2, -0.15) is 8.78 Å². The van der Waals surface area contributed by atoms with E-state index >= 15 is 0 Å². The van der Waals surface area contributed by atoms with E-state index in [2.05, 4.69) is 15.0 Å². The molecule has 2 aromatic carbocycles. The van der Waals surface area contributed by atoms with E-state index in [1.54, 1.807) is 24.3 Å². The Balaban J connectivity index is 1.58. The fraction of sp³-hybridized carbons (Fsp3) is 0.150. The Hall–Kier alpha value is -3.75. The Morgan fingerprint density at radius 3 is 2.62 bits per heavy atom. The number of nitrogens with zero attached hydrogens (tertiary/aromatic N) is 1. The number of ether oxygens (including phenoxy) is 2. The second kappa shape index (κ2) is 8.96. The van der Waals surface area contributed by atoms with Gasteiger partial charge in [0.2, 0.25) is 5.89 Å². The quantitative estimate of drug-likeness (QED) is 0.474. The molecule has 0 radical (unpaired) electrons. The molecule has 1 atom stereocenters. The molecule has 1 N–H and O–H groups in total. The number of aromatic nitrogens is 1. The summed E-state index contributed by atoms with van der Waals surface area (Å²) in [7, 11) is 0. The topological polar surface area (TPSA) is 90.7 Å². The number of fused-ring (bicyclic) bond motifs is 1. The van der Waals surface area contributed by atoms with Gasteiger partial charge in [0.15, 0.2) is 11.7 Å². The average Bonchev–Trinajstić information content (AvgIpc) is 3.10. The highest BCUT2D eigenvalue weighted by atomic mass is 19.3. The van der Waals surface area contributed by atoms with E-state index in [9.17, 15) is 18.4 Å². The van der Waals surface area contributed by atoms with Crippen LogP contribution in [0.2, 0.25) is 0 Å². The van der Waals surface area contributed by atoms with E-state index in [-0.39, 0.29) is 17.3 Å². The first kappa shape index (κ1) is 20.0. The summed E-state index contributed by atoms with van der Waals surface area (Å²) in [6.07, 6.45) is 1.21. The summed E-state index contributed by atoms with van der Waals surface area (Å²) in [5, 5.41) is 2.38. The van der Waals surface area contributed by atoms with Crippen LogP contribution in [0.3, 0.4) is 0 Å². The molecule has 0 saturated heterocycles. The number of nitrogens with one attached hydrogen (secondary N) is 1. The fourth-order valence-electron chi connectivity index (χ4n) is 2.37. The Morgan fingerprint density at radius 1 is 1.14 bits per heavy atom. The van der Waals surface area contributed by atoms with Crippen LogP contribution in [-0.4, -0.2) is 29.6 Å². The van der Waals surface area contributed by atoms with Gasteiger partial charge in [-0.1, -0.05) is 24.3 Å². The minimum Gasteiger partial charge on any atom is -0.449 e. The third-order valence-electron chi connectivity index (χ3n) is 3.70. The lowest BCUT2D eigenvalue weighted by molar-refractivity contribution is -0.148. The molecule has 0 saturated carbocycles. The number of hydrogen-bond donors (Lipinski definition) is 1. The maximum Gasteiger partial charge on any atom is 0.387 e. The number of amides is 1. The van der Waals surface area contributed by atoms with Crippen LogP contribution >= 0.6 is 0 Å². The first-order chi connectivity index (χ1) is 13.9. The minimum atomic E-state index is -3.04. The largest absolute Gasteiger partial charge is 0.449 e. The summed E-state index contributed by atoms with van der Waals surface area (Å²) in [6.45, 7) is -1.70. The third kappa shape index (κ3) is 5.38. The number of esters is 1. The highest BCUT2D eigenvalue weighted by Crippen LogP contribution is 2.25. The third-order valence-corrected chi connectivity index (χ3v) is 3.70. The van der Waals surface area contributed by atoms with Gasteiger partial charge in [0.05, 0.1) is 5.69 Å². The van der Waals surface area contributed by atoms with Gasteiger partial charge >= 0.3 is 12.6 Å². The normalized spacial score (nSPS) is 12.3. The number of halogens is 2. The summed E-state index contributed by atoms with van der Waals surface area (Å²) in [5.74, 6) is -1.51. The molecule has 7 nitrogen and oxygen atoms in total. The molecule has 1 aromatic heterocycles. The number of oxazole rings is 1. The van der Waals surface area contributed by atoms with Crippen LogP contribution < -0.4 is 10.1 Å². The lowest BCUT2D eigenvalue weighted by Gasteiger charge is -2.15. The smallest absolute Gasteiger partial charge is 0.387 e. The Kier molecular flexibility index (Phi) is 6.18. The van der Waals surface area contributed by atoms with E-state index < -0.39 is 24.6 Å². The summed E-state index contributed by atoms with van der Waals surface area (Å²) >= 11 is 0. The van der Waals surface area contributed by atoms with Gasteiger partial charge in [-0.15, -0.1) is 0 Å². The molecule has 0 spiro atoms. The van der Waals surface area contributed by atoms with Crippen molar-refractivity contribution in [3.8, 4) is 5.75 Å². The van der Waals surface area contributed by atoms with Gasteiger partial charge in [-0.05, 0) is 31.2 Å². The van der Waals surface area contributed by atoms with Crippen molar-refractivity contribution in [1.82, 2.24) is 4.98 Å². The monoisotopic (exact) mass is 402 g/mol. The van der Waals surface area contributed by atoms with Crippen LogP contribution in [0.5, 0.6) is 5.75 Å². The van der Waals surface area contributed by atoms with Gasteiger partial charge in [0, 0.05) is 12.2 Å². The second-order valence-corrected chi connectivity index (χ2v) is 5.80. The van der Waals surface area contributed by atoms with E-state index in [1.165, 1.54) is 37.3 Å². The highest BCUT2D eigenvalue weighted by molar-refractivity contribution is 5.97. The number of carbonyl (C=O) groups excluding carboxylic acids is 2. The molecule has 9 heteroatoms. The summed E-state index contributed by atoms with van der Waals surface area (Å²) in [4.78, 5) is 28.3. The number of carbonyl (C=O) groups is 2. The van der Waals surface area contributed by atoms with Crippen LogP contribution in [-0.2, 0) is 14.3 Å². The highest BCUT2D eigenvalue weighted by Gasteiger charge is 2.19. The Morgan fingerprint density at radius 2 is 1.86 bits per heavy atom. The molecule has 0 aliphatic carbocycles. The Bertz CT molecular complexity index is 1020. The lowest BCUT2D eigenvalue weighted by Crippen LogP contribution is -2.29. The molecule has 3 rings (SSSR count). The van der Waals surface area contributed by atoms with Crippen molar-refractivity contribution in [1.29, 1.82) is 0 Å². The average molecular weight is 402 g/mol. The van der Waals surface area contributed by atoms with Crippen LogP contribution in [0, 0.1) is 0 Å². The van der Waals surface area contributed by atoms with Gasteiger partial charge in [-0.3, -0.25) is 4.79 Å². The second-order valence-electron chi connectivity index (χ2n) is 5.80. The molecule has 1 heterocycles. The van der Waals surface area contributed by atoms with Crippen LogP contribution in [0.25, 0.3) is 17.2 Å². The molecule has 0 aliphatic rings. The molecule has 0 unspecified atom stereocenters. The number of hydrogen-bond acceptors (Lipinski definition) is 6. The summed E-state index contributed by atoms with van der Waals surface area (Å²) in [6, 6.07) is 12.8. The van der Waals surface area contributed by atoms with E-state index in [0.717, 1.165) is 6.08 Å².